The molecule has 30 heteroatoms. The Labute approximate surface area is 610 Å². The summed E-state index contributed by atoms with van der Waals surface area (Å²) in [6, 6.07) is 0. The number of carbonyl (C=O) groups is 6. The summed E-state index contributed by atoms with van der Waals surface area (Å²) < 4.78 is 53.5. The van der Waals surface area contributed by atoms with E-state index in [0.29, 0.717) is 11.1 Å². The first-order chi connectivity index (χ1) is 49.3. The van der Waals surface area contributed by atoms with Gasteiger partial charge in [0, 0.05) is 12.8 Å². The highest BCUT2D eigenvalue weighted by molar-refractivity contribution is 6.02. The molecule has 0 aromatic rings. The highest BCUT2D eigenvalue weighted by Crippen LogP contribution is 2.43. The molecular weight excluding hydrogens is 1380 g/mol. The summed E-state index contributed by atoms with van der Waals surface area (Å²) >= 11 is 0. The van der Waals surface area contributed by atoms with Crippen LogP contribution in [-0.2, 0) is 76.1 Å². The molecule has 0 aromatic heterocycles. The van der Waals surface area contributed by atoms with Crippen LogP contribution in [0.2, 0.25) is 0 Å². The largest absolute Gasteiger partial charge is 0.463 e. The molecule has 30 nitrogen and oxygen atoms in total. The summed E-state index contributed by atoms with van der Waals surface area (Å²) in [6.45, 7) is 21.8. The van der Waals surface area contributed by atoms with Crippen LogP contribution in [0.25, 0.3) is 0 Å². The number of allylic oxidation sites excluding steroid dienone is 21. The third-order valence-electron chi connectivity index (χ3n) is 18.3. The number of esters is 4. The fourth-order valence-corrected chi connectivity index (χ4v) is 12.1. The maximum absolute atomic E-state index is 13.3. The van der Waals surface area contributed by atoms with Crippen molar-refractivity contribution in [2.45, 2.75) is 250 Å². The highest BCUT2D eigenvalue weighted by atomic mass is 16.7. The molecule has 4 fully saturated rings. The molecule has 4 aliphatic heterocycles. The Morgan fingerprint density at radius 1 is 0.457 bits per heavy atom. The van der Waals surface area contributed by atoms with Gasteiger partial charge < -0.3 is 119 Å². The average Bonchev–Trinajstić information content (AvgIpc) is 0.801. The lowest BCUT2D eigenvalue weighted by atomic mass is 9.71. The van der Waals surface area contributed by atoms with Crippen LogP contribution in [0.4, 0.5) is 0 Å². The molecule has 4 saturated heterocycles. The minimum Gasteiger partial charge on any atom is -0.463 e. The van der Waals surface area contributed by atoms with E-state index in [-0.39, 0.29) is 24.4 Å². The second-order valence-electron chi connectivity index (χ2n) is 27.9. The number of ether oxygens (including phenoxy) is 10. The van der Waals surface area contributed by atoms with Crippen LogP contribution in [0.1, 0.15) is 115 Å². The third kappa shape index (κ3) is 25.2. The predicted octanol–water partition coefficient (Wildman–Crippen LogP) is 1.09. The second-order valence-corrected chi connectivity index (χ2v) is 27.9. The molecule has 2 aliphatic carbocycles. The van der Waals surface area contributed by atoms with E-state index in [1.807, 2.05) is 153 Å². The second kappa shape index (κ2) is 41.0. The summed E-state index contributed by atoms with van der Waals surface area (Å²) in [5.41, 5.74) is 5.45. The number of aliphatic hydroxyl groups excluding tert-OH is 14. The molecule has 0 amide bonds. The predicted molar refractivity (Wildman–Crippen MR) is 372 cm³/mol. The van der Waals surface area contributed by atoms with Crippen molar-refractivity contribution in [2.24, 2.45) is 10.8 Å². The molecular formula is C75H106O30. The van der Waals surface area contributed by atoms with E-state index in [4.69, 9.17) is 47.4 Å². The fourth-order valence-electron chi connectivity index (χ4n) is 12.1. The number of ketones is 2. The molecule has 22 unspecified atom stereocenters. The smallest absolute Gasteiger partial charge is 0.307 e. The van der Waals surface area contributed by atoms with Crippen molar-refractivity contribution in [3.63, 3.8) is 0 Å². The van der Waals surface area contributed by atoms with Crippen molar-refractivity contribution < 1.29 is 148 Å². The number of rotatable bonds is 28. The van der Waals surface area contributed by atoms with Crippen LogP contribution in [0.5, 0.6) is 0 Å². The summed E-state index contributed by atoms with van der Waals surface area (Å²) in [7, 11) is 0. The first kappa shape index (κ1) is 88.9. The Morgan fingerprint density at radius 2 is 0.819 bits per heavy atom. The van der Waals surface area contributed by atoms with Gasteiger partial charge in [0.2, 0.25) is 0 Å². The van der Waals surface area contributed by atoms with Gasteiger partial charge in [-0.3, -0.25) is 28.8 Å². The van der Waals surface area contributed by atoms with E-state index < -0.39 is 222 Å². The zero-order chi connectivity index (χ0) is 78.5. The highest BCUT2D eigenvalue weighted by Gasteiger charge is 2.53. The molecule has 586 valence electrons. The van der Waals surface area contributed by atoms with E-state index in [2.05, 4.69) is 6.58 Å². The molecule has 0 spiro atoms. The Hall–Kier alpha value is -6.70. The lowest BCUT2D eigenvalue weighted by Crippen LogP contribution is -2.64. The molecule has 22 atom stereocenters. The Kier molecular flexibility index (Phi) is 34.7. The van der Waals surface area contributed by atoms with Crippen LogP contribution in [0.15, 0.2) is 142 Å². The van der Waals surface area contributed by atoms with Gasteiger partial charge in [-0.15, -0.1) is 0 Å². The lowest BCUT2D eigenvalue weighted by molar-refractivity contribution is -0.355. The van der Waals surface area contributed by atoms with E-state index >= 15 is 0 Å². The molecule has 0 radical (unpaired) electrons. The average molecular weight is 1490 g/mol. The number of carbonyl (C=O) groups excluding carboxylic acids is 6. The summed E-state index contributed by atoms with van der Waals surface area (Å²) in [4.78, 5) is 77.1. The van der Waals surface area contributed by atoms with E-state index in [1.165, 1.54) is 0 Å². The minimum atomic E-state index is -1.93. The molecule has 105 heavy (non-hydrogen) atoms. The van der Waals surface area contributed by atoms with E-state index in [1.54, 1.807) is 13.8 Å². The quantitative estimate of drug-likeness (QED) is 0.0296. The van der Waals surface area contributed by atoms with Crippen molar-refractivity contribution in [3.8, 4) is 0 Å². The van der Waals surface area contributed by atoms with Gasteiger partial charge in [0.15, 0.2) is 48.9 Å². The van der Waals surface area contributed by atoms with Gasteiger partial charge >= 0.3 is 23.9 Å². The topological polar surface area (TPSA) is 478 Å². The van der Waals surface area contributed by atoms with Crippen LogP contribution in [0, 0.1) is 10.8 Å². The van der Waals surface area contributed by atoms with Crippen LogP contribution in [-0.4, -0.2) is 268 Å². The zero-order valence-corrected chi connectivity index (χ0v) is 60.9. The molecule has 6 rings (SSSR count). The minimum absolute atomic E-state index is 0.220. The Bertz CT molecular complexity index is 3340. The normalized spacial score (nSPS) is 34.4. The number of Topliss-reactive ketones (excluding diaryl/α,β-unsaturated/α-hetero) is 2. The molecule has 0 aromatic carbocycles. The molecule has 14 N–H and O–H groups in total. The van der Waals surface area contributed by atoms with Crippen molar-refractivity contribution in [3.05, 3.63) is 142 Å². The van der Waals surface area contributed by atoms with Crippen LogP contribution in [0.3, 0.4) is 0 Å². The van der Waals surface area contributed by atoms with Crippen LogP contribution < -0.4 is 0 Å². The van der Waals surface area contributed by atoms with Crippen molar-refractivity contribution >= 4 is 35.4 Å². The van der Waals surface area contributed by atoms with Gasteiger partial charge in [0.25, 0.3) is 0 Å². The van der Waals surface area contributed by atoms with E-state index in [0.717, 1.165) is 33.4 Å². The van der Waals surface area contributed by atoms with Gasteiger partial charge in [-0.1, -0.05) is 148 Å². The van der Waals surface area contributed by atoms with Gasteiger partial charge in [-0.2, -0.15) is 0 Å². The van der Waals surface area contributed by atoms with Gasteiger partial charge in [0.05, 0.1) is 38.9 Å². The van der Waals surface area contributed by atoms with Gasteiger partial charge in [-0.25, -0.2) is 0 Å². The first-order valence-corrected chi connectivity index (χ1v) is 34.5. The summed E-state index contributed by atoms with van der Waals surface area (Å²) in [6.07, 6.45) is -8.80. The van der Waals surface area contributed by atoms with E-state index in [9.17, 15) is 100 Å². The zero-order valence-electron chi connectivity index (χ0n) is 60.9. The standard InChI is InChI=1S/C40H56O15.C35H50O15/c1-7-8-9-10-12-22(2)13-11-14-23(3)15-16-25-24(4)31(44)26(19-40(25,5)6)52-30(43)18-17-29(42)51-21-28-37(34(47)35(48)38(50)53-28)55-39-36(49)33(46)32(45)27(20-41)54-39;1-17(2)8-7-9-18(3)10-11-20-19(4)26(39)21(14-35(20,5)6)47-25(38)13-12-24(37)46-16-23-32(29(42)30(43)33(45)48-23)50-34-31(44)28(41)27(40)22(15-36)49-34/h7-16,26-28,32-39,41,45-50H,17-21H2,1-6H3;7-11,21-23,27-34,36,40-45H,1,12-16H2,2-6H3/b8-7-,10-9+,13-11+,16-15+,22-12+,23-14+;8-7+,11-10+,18-9+. The van der Waals surface area contributed by atoms with Crippen LogP contribution >= 0.6 is 0 Å². The van der Waals surface area contributed by atoms with Gasteiger partial charge in [0.1, 0.15) is 111 Å². The lowest BCUT2D eigenvalue weighted by Gasteiger charge is -2.45. The maximum Gasteiger partial charge on any atom is 0.307 e. The number of aliphatic hydroxyl groups is 14. The molecule has 0 saturated carbocycles. The van der Waals surface area contributed by atoms with Crippen molar-refractivity contribution in [1.82, 2.24) is 0 Å². The SMILES string of the molecule is C=C(C)/C=C/C=C(C)/C=C/C1=C(C)C(=O)C(OC(=O)CCC(=O)OCC2OC(O)C(O)C(O)C2OC2OC(CO)C(O)C(O)C2O)CC1(C)C.C\C=C/C=C/C=C(C)/C=C/C=C(C)/C=C/C1=C(C)C(=O)C(OC(=O)CCC(=O)OCC2OC(O)C(O)C(O)C2OC2OC(CO)C(O)C(O)C2O)CC1(C)C. The molecule has 6 aliphatic rings. The fraction of sp³-hybridized carbons (Fsp3) is 0.600. The maximum atomic E-state index is 13.3. The van der Waals surface area contributed by atoms with Gasteiger partial charge in [-0.05, 0) is 81.6 Å². The van der Waals surface area contributed by atoms with Crippen molar-refractivity contribution in [1.29, 1.82) is 0 Å². The summed E-state index contributed by atoms with van der Waals surface area (Å²) in [5.74, 6) is -4.13. The summed E-state index contributed by atoms with van der Waals surface area (Å²) in [5, 5.41) is 141. The first-order valence-electron chi connectivity index (χ1n) is 34.5. The molecule has 4 heterocycles. The Balaban J connectivity index is 0.000000379. The number of hydrogen-bond acceptors (Lipinski definition) is 30. The number of hydrogen-bond donors (Lipinski definition) is 14. The van der Waals surface area contributed by atoms with Crippen molar-refractivity contribution in [2.75, 3.05) is 26.4 Å². The monoisotopic (exact) mass is 1490 g/mol. The third-order valence-corrected chi connectivity index (χ3v) is 18.3. The Morgan fingerprint density at radius 3 is 1.19 bits per heavy atom. The molecule has 0 bridgehead atoms.